The molecule has 1 unspecified atom stereocenters. The summed E-state index contributed by atoms with van der Waals surface area (Å²) in [7, 11) is 1.96. The molecule has 1 heterocycles. The third-order valence-electron chi connectivity index (χ3n) is 2.27. The maximum atomic E-state index is 5.73. The lowest BCUT2D eigenvalue weighted by atomic mass is 10.1. The maximum absolute atomic E-state index is 5.73. The van der Waals surface area contributed by atoms with Crippen molar-refractivity contribution in [1.29, 1.82) is 0 Å². The minimum atomic E-state index is 0.375. The van der Waals surface area contributed by atoms with E-state index >= 15 is 0 Å². The number of hydrogen-bond acceptors (Lipinski definition) is 2. The first kappa shape index (κ1) is 11.8. The molecule has 0 saturated heterocycles. The number of nitrogens with zero attached hydrogens (tertiary/aromatic N) is 3. The number of rotatable bonds is 2. The van der Waals surface area contributed by atoms with Crippen molar-refractivity contribution in [2.45, 2.75) is 6.92 Å². The van der Waals surface area contributed by atoms with Gasteiger partial charge in [0.25, 0.3) is 0 Å². The molecular weight excluding hydrogens is 210 g/mol. The summed E-state index contributed by atoms with van der Waals surface area (Å²) < 4.78 is 0. The van der Waals surface area contributed by atoms with Gasteiger partial charge in [-0.05, 0) is 13.0 Å². The van der Waals surface area contributed by atoms with Crippen molar-refractivity contribution in [3.05, 3.63) is 12.2 Å². The summed E-state index contributed by atoms with van der Waals surface area (Å²) in [4.78, 5) is 10.1. The second-order valence-electron chi connectivity index (χ2n) is 3.45. The van der Waals surface area contributed by atoms with Crippen LogP contribution in [0.4, 0.5) is 0 Å². The molecule has 1 aliphatic rings. The lowest BCUT2D eigenvalue weighted by Crippen LogP contribution is -2.31. The molecular formula is C11H14ClN3. The predicted molar refractivity (Wildman–Crippen MR) is 65.4 cm³/mol. The zero-order chi connectivity index (χ0) is 11.3. The Balaban J connectivity index is 2.48. The van der Waals surface area contributed by atoms with Crippen LogP contribution in [0.15, 0.2) is 22.1 Å². The topological polar surface area (TPSA) is 28.0 Å². The third-order valence-corrected chi connectivity index (χ3v) is 2.52. The lowest BCUT2D eigenvalue weighted by Gasteiger charge is -2.23. The molecule has 0 aliphatic carbocycles. The smallest absolute Gasteiger partial charge is 0.123 e. The van der Waals surface area contributed by atoms with Crippen LogP contribution in [0.2, 0.25) is 0 Å². The first-order valence-electron chi connectivity index (χ1n) is 4.72. The van der Waals surface area contributed by atoms with Gasteiger partial charge in [0.15, 0.2) is 0 Å². The van der Waals surface area contributed by atoms with E-state index in [1.165, 1.54) is 0 Å². The monoisotopic (exact) mass is 223 g/mol. The van der Waals surface area contributed by atoms with E-state index < -0.39 is 0 Å². The van der Waals surface area contributed by atoms with E-state index in [1.807, 2.05) is 24.9 Å². The minimum absolute atomic E-state index is 0.375. The quantitative estimate of drug-likeness (QED) is 0.398. The minimum Gasteiger partial charge on any atom is -0.362 e. The molecule has 1 rings (SSSR count). The van der Waals surface area contributed by atoms with Crippen LogP contribution in [-0.2, 0) is 0 Å². The van der Waals surface area contributed by atoms with Crippen LogP contribution in [0.3, 0.4) is 0 Å². The molecule has 15 heavy (non-hydrogen) atoms. The third kappa shape index (κ3) is 3.77. The van der Waals surface area contributed by atoms with Crippen molar-refractivity contribution in [3.8, 4) is 12.5 Å². The van der Waals surface area contributed by atoms with Crippen LogP contribution in [0.1, 0.15) is 6.92 Å². The second kappa shape index (κ2) is 5.57. The maximum Gasteiger partial charge on any atom is 0.123 e. The second-order valence-corrected chi connectivity index (χ2v) is 3.84. The molecule has 0 spiro atoms. The molecule has 3 nitrogen and oxygen atoms in total. The van der Waals surface area contributed by atoms with E-state index in [-0.39, 0.29) is 0 Å². The summed E-state index contributed by atoms with van der Waals surface area (Å²) in [6.45, 7) is 3.47. The first-order chi connectivity index (χ1) is 7.13. The highest BCUT2D eigenvalue weighted by atomic mass is 35.5. The van der Waals surface area contributed by atoms with Gasteiger partial charge in [0.05, 0.1) is 0 Å². The van der Waals surface area contributed by atoms with Gasteiger partial charge < -0.3 is 4.90 Å². The number of halogens is 1. The molecule has 0 aromatic heterocycles. The standard InChI is InChI=1S/C11H14ClN3/c1-4-13-9(2)15(3)8-10-5-6-11(12)14-7-10/h1,5-6,10H,7-8H2,2-3H3. The summed E-state index contributed by atoms with van der Waals surface area (Å²) in [5.41, 5.74) is 0. The van der Waals surface area contributed by atoms with E-state index in [0.29, 0.717) is 11.1 Å². The van der Waals surface area contributed by atoms with Gasteiger partial charge in [-0.25, -0.2) is 0 Å². The molecule has 1 aliphatic heterocycles. The van der Waals surface area contributed by atoms with E-state index in [0.717, 1.165) is 18.9 Å². The van der Waals surface area contributed by atoms with Crippen LogP contribution < -0.4 is 0 Å². The van der Waals surface area contributed by atoms with Gasteiger partial charge in [0.1, 0.15) is 11.0 Å². The average molecular weight is 224 g/mol. The highest BCUT2D eigenvalue weighted by Gasteiger charge is 2.12. The molecule has 0 fully saturated rings. The number of terminal acetylenes is 1. The van der Waals surface area contributed by atoms with Crippen molar-refractivity contribution in [3.63, 3.8) is 0 Å². The highest BCUT2D eigenvalue weighted by molar-refractivity contribution is 6.68. The summed E-state index contributed by atoms with van der Waals surface area (Å²) >= 11 is 5.73. The van der Waals surface area contributed by atoms with Gasteiger partial charge in [-0.2, -0.15) is 4.99 Å². The Morgan fingerprint density at radius 1 is 1.87 bits per heavy atom. The molecule has 80 valence electrons. The number of dihydropyridines is 1. The van der Waals surface area contributed by atoms with Gasteiger partial charge in [-0.3, -0.25) is 4.99 Å². The van der Waals surface area contributed by atoms with Crippen LogP contribution in [0.25, 0.3) is 0 Å². The van der Waals surface area contributed by atoms with Crippen LogP contribution in [0.5, 0.6) is 0 Å². The average Bonchev–Trinajstić information content (AvgIpc) is 2.22. The normalized spacial score (nSPS) is 20.8. The van der Waals surface area contributed by atoms with E-state index in [4.69, 9.17) is 18.0 Å². The molecule has 0 bridgehead atoms. The van der Waals surface area contributed by atoms with Crippen molar-refractivity contribution in [1.82, 2.24) is 4.90 Å². The number of hydrogen-bond donors (Lipinski definition) is 0. The van der Waals surface area contributed by atoms with Crippen LogP contribution in [0, 0.1) is 18.4 Å². The van der Waals surface area contributed by atoms with E-state index in [9.17, 15) is 0 Å². The Morgan fingerprint density at radius 2 is 2.60 bits per heavy atom. The summed E-state index contributed by atoms with van der Waals surface area (Å²) in [5, 5.41) is 0.572. The largest absolute Gasteiger partial charge is 0.362 e. The van der Waals surface area contributed by atoms with Gasteiger partial charge in [0, 0.05) is 32.1 Å². The molecule has 4 heteroatoms. The van der Waals surface area contributed by atoms with Crippen LogP contribution >= 0.6 is 11.6 Å². The number of allylic oxidation sites excluding steroid dienone is 1. The molecule has 0 aromatic carbocycles. The molecule has 1 atom stereocenters. The zero-order valence-corrected chi connectivity index (χ0v) is 9.70. The van der Waals surface area contributed by atoms with Crippen molar-refractivity contribution in [2.24, 2.45) is 15.9 Å². The molecule has 0 saturated carbocycles. The Morgan fingerprint density at radius 3 is 3.13 bits per heavy atom. The fourth-order valence-corrected chi connectivity index (χ4v) is 1.46. The summed E-state index contributed by atoms with van der Waals surface area (Å²) in [6, 6.07) is 2.27. The fraction of sp³-hybridized carbons (Fsp3) is 0.455. The van der Waals surface area contributed by atoms with E-state index in [2.05, 4.69) is 22.1 Å². The first-order valence-corrected chi connectivity index (χ1v) is 5.10. The lowest BCUT2D eigenvalue weighted by molar-refractivity contribution is 0.433. The van der Waals surface area contributed by atoms with Gasteiger partial charge >= 0.3 is 0 Å². The Labute approximate surface area is 95.5 Å². The van der Waals surface area contributed by atoms with Crippen molar-refractivity contribution >= 4 is 22.6 Å². The number of aliphatic imine (C=N–C) groups is 2. The fourth-order valence-electron chi connectivity index (χ4n) is 1.31. The molecule has 0 aromatic rings. The van der Waals surface area contributed by atoms with Crippen molar-refractivity contribution < 1.29 is 0 Å². The van der Waals surface area contributed by atoms with E-state index in [1.54, 1.807) is 0 Å². The van der Waals surface area contributed by atoms with Gasteiger partial charge in [0.2, 0.25) is 0 Å². The van der Waals surface area contributed by atoms with Crippen molar-refractivity contribution in [2.75, 3.05) is 20.1 Å². The van der Waals surface area contributed by atoms with Gasteiger partial charge in [-0.1, -0.05) is 24.1 Å². The predicted octanol–water partition coefficient (Wildman–Crippen LogP) is 1.75. The Bertz CT molecular complexity index is 349. The Hall–Kier alpha value is -1.27. The van der Waals surface area contributed by atoms with Gasteiger partial charge in [-0.15, -0.1) is 0 Å². The zero-order valence-electron chi connectivity index (χ0n) is 8.94. The highest BCUT2D eigenvalue weighted by Crippen LogP contribution is 2.09. The molecule has 0 radical (unpaired) electrons. The summed E-state index contributed by atoms with van der Waals surface area (Å²) in [5.74, 6) is 1.21. The molecule has 0 amide bonds. The number of amidine groups is 1. The van der Waals surface area contributed by atoms with Crippen LogP contribution in [-0.4, -0.2) is 36.0 Å². The molecule has 0 N–H and O–H groups in total. The summed E-state index contributed by atoms with van der Waals surface area (Å²) in [6.07, 6.45) is 9.00. The Kier molecular flexibility index (Phi) is 4.38. The SMILES string of the molecule is C#CN=C(C)N(C)CC1C=CC(Cl)=NC1.